The molecule has 0 spiro atoms. The van der Waals surface area contributed by atoms with E-state index in [1.54, 1.807) is 0 Å². The van der Waals surface area contributed by atoms with Crippen LogP contribution in [0.3, 0.4) is 0 Å². The molecule has 0 radical (unpaired) electrons. The van der Waals surface area contributed by atoms with Gasteiger partial charge in [-0.3, -0.25) is 0 Å². The first-order valence-corrected chi connectivity index (χ1v) is 5.59. The Kier molecular flexibility index (Phi) is 4.20. The van der Waals surface area contributed by atoms with Crippen LogP contribution in [-0.2, 0) is 0 Å². The molecule has 1 saturated carbocycles. The highest BCUT2D eigenvalue weighted by Crippen LogP contribution is 2.38. The van der Waals surface area contributed by atoms with Crippen LogP contribution in [0, 0.1) is 11.8 Å². The molecule has 2 heteroatoms. The molecular formula is C11H24N2. The van der Waals surface area contributed by atoms with Crippen molar-refractivity contribution in [2.24, 2.45) is 17.6 Å². The summed E-state index contributed by atoms with van der Waals surface area (Å²) in [5.74, 6) is 1.92. The zero-order chi connectivity index (χ0) is 9.84. The molecule has 1 rings (SSSR count). The molecule has 2 nitrogen and oxygen atoms in total. The van der Waals surface area contributed by atoms with Gasteiger partial charge in [-0.1, -0.05) is 20.3 Å². The minimum absolute atomic E-state index is 0.609. The van der Waals surface area contributed by atoms with Crippen LogP contribution < -0.4 is 5.73 Å². The van der Waals surface area contributed by atoms with Gasteiger partial charge in [0, 0.05) is 19.1 Å². The first-order valence-electron chi connectivity index (χ1n) is 5.59. The summed E-state index contributed by atoms with van der Waals surface area (Å²) < 4.78 is 0. The third-order valence-electron chi connectivity index (χ3n) is 3.32. The van der Waals surface area contributed by atoms with E-state index in [0.717, 1.165) is 18.4 Å². The van der Waals surface area contributed by atoms with Crippen molar-refractivity contribution in [3.05, 3.63) is 0 Å². The zero-order valence-electron chi connectivity index (χ0n) is 9.29. The lowest BCUT2D eigenvalue weighted by Crippen LogP contribution is -2.39. The molecule has 1 fully saturated rings. The predicted molar refractivity (Wildman–Crippen MR) is 57.7 cm³/mol. The van der Waals surface area contributed by atoms with Crippen molar-refractivity contribution in [2.75, 3.05) is 20.1 Å². The van der Waals surface area contributed by atoms with Crippen LogP contribution in [-0.4, -0.2) is 31.1 Å². The van der Waals surface area contributed by atoms with E-state index in [2.05, 4.69) is 25.8 Å². The summed E-state index contributed by atoms with van der Waals surface area (Å²) >= 11 is 0. The van der Waals surface area contributed by atoms with Crippen molar-refractivity contribution in [3.63, 3.8) is 0 Å². The molecule has 1 aliphatic rings. The minimum atomic E-state index is 0.609. The second kappa shape index (κ2) is 4.97. The largest absolute Gasteiger partial charge is 0.329 e. The molecule has 0 saturated heterocycles. The highest BCUT2D eigenvalue weighted by Gasteiger charge is 2.34. The summed E-state index contributed by atoms with van der Waals surface area (Å²) in [6.07, 6.45) is 3.91. The topological polar surface area (TPSA) is 29.3 Å². The number of likely N-dealkylation sites (N-methyl/N-ethyl adjacent to an activating group) is 1. The molecule has 0 heterocycles. The van der Waals surface area contributed by atoms with Crippen LogP contribution >= 0.6 is 0 Å². The number of rotatable bonds is 6. The number of hydrogen-bond acceptors (Lipinski definition) is 2. The van der Waals surface area contributed by atoms with E-state index in [-0.39, 0.29) is 0 Å². The second-order valence-electron chi connectivity index (χ2n) is 4.59. The fourth-order valence-corrected chi connectivity index (χ4v) is 2.02. The molecule has 0 bridgehead atoms. The Morgan fingerprint density at radius 3 is 2.54 bits per heavy atom. The van der Waals surface area contributed by atoms with Crippen molar-refractivity contribution >= 4 is 0 Å². The molecule has 0 aromatic rings. The van der Waals surface area contributed by atoms with Gasteiger partial charge in [0.15, 0.2) is 0 Å². The minimum Gasteiger partial charge on any atom is -0.329 e. The number of hydrogen-bond donors (Lipinski definition) is 1. The summed E-state index contributed by atoms with van der Waals surface area (Å²) in [6, 6.07) is 0.609. The summed E-state index contributed by atoms with van der Waals surface area (Å²) in [6.45, 7) is 6.64. The third kappa shape index (κ3) is 3.28. The molecular weight excluding hydrogens is 160 g/mol. The highest BCUT2D eigenvalue weighted by molar-refractivity contribution is 4.86. The lowest BCUT2D eigenvalue weighted by atomic mass is 10.1. The standard InChI is InChI=1S/C11H24N2/c1-4-5-11(7-12)13(3)8-10-6-9(10)2/h9-11H,4-8,12H2,1-3H3. The van der Waals surface area contributed by atoms with E-state index in [1.807, 2.05) is 0 Å². The third-order valence-corrected chi connectivity index (χ3v) is 3.32. The van der Waals surface area contributed by atoms with Crippen molar-refractivity contribution in [1.29, 1.82) is 0 Å². The van der Waals surface area contributed by atoms with E-state index in [4.69, 9.17) is 5.73 Å². The van der Waals surface area contributed by atoms with E-state index >= 15 is 0 Å². The van der Waals surface area contributed by atoms with Gasteiger partial charge in [0.2, 0.25) is 0 Å². The molecule has 0 aromatic heterocycles. The first-order chi connectivity index (χ1) is 6.19. The lowest BCUT2D eigenvalue weighted by Gasteiger charge is -2.26. The Bertz CT molecular complexity index is 147. The fraction of sp³-hybridized carbons (Fsp3) is 1.00. The quantitative estimate of drug-likeness (QED) is 0.681. The van der Waals surface area contributed by atoms with Crippen molar-refractivity contribution in [1.82, 2.24) is 4.90 Å². The molecule has 1 aliphatic carbocycles. The van der Waals surface area contributed by atoms with Gasteiger partial charge in [-0.15, -0.1) is 0 Å². The number of nitrogens with two attached hydrogens (primary N) is 1. The predicted octanol–water partition coefficient (Wildman–Crippen LogP) is 1.70. The molecule has 13 heavy (non-hydrogen) atoms. The van der Waals surface area contributed by atoms with Crippen LogP contribution in [0.5, 0.6) is 0 Å². The maximum absolute atomic E-state index is 5.75. The highest BCUT2D eigenvalue weighted by atomic mass is 15.1. The van der Waals surface area contributed by atoms with E-state index in [1.165, 1.54) is 25.8 Å². The zero-order valence-corrected chi connectivity index (χ0v) is 9.29. The Balaban J connectivity index is 2.22. The summed E-state index contributed by atoms with van der Waals surface area (Å²) in [4.78, 5) is 2.46. The molecule has 0 amide bonds. The van der Waals surface area contributed by atoms with Gasteiger partial charge in [0.1, 0.15) is 0 Å². The van der Waals surface area contributed by atoms with Crippen LogP contribution in [0.25, 0.3) is 0 Å². The van der Waals surface area contributed by atoms with Crippen molar-refractivity contribution in [2.45, 2.75) is 39.2 Å². The first kappa shape index (κ1) is 11.0. The Morgan fingerprint density at radius 2 is 2.15 bits per heavy atom. The van der Waals surface area contributed by atoms with E-state index < -0.39 is 0 Å². The van der Waals surface area contributed by atoms with Crippen LogP contribution in [0.4, 0.5) is 0 Å². The summed E-state index contributed by atoms with van der Waals surface area (Å²) in [5.41, 5.74) is 5.75. The van der Waals surface area contributed by atoms with Gasteiger partial charge < -0.3 is 10.6 Å². The molecule has 2 N–H and O–H groups in total. The van der Waals surface area contributed by atoms with Crippen molar-refractivity contribution < 1.29 is 0 Å². The maximum atomic E-state index is 5.75. The van der Waals surface area contributed by atoms with Gasteiger partial charge in [-0.2, -0.15) is 0 Å². The molecule has 0 aromatic carbocycles. The van der Waals surface area contributed by atoms with Gasteiger partial charge in [0.25, 0.3) is 0 Å². The molecule has 78 valence electrons. The summed E-state index contributed by atoms with van der Waals surface area (Å²) in [7, 11) is 2.22. The van der Waals surface area contributed by atoms with Gasteiger partial charge in [-0.25, -0.2) is 0 Å². The average Bonchev–Trinajstić information content (AvgIpc) is 2.77. The van der Waals surface area contributed by atoms with Crippen molar-refractivity contribution in [3.8, 4) is 0 Å². The van der Waals surface area contributed by atoms with Gasteiger partial charge in [0.05, 0.1) is 0 Å². The average molecular weight is 184 g/mol. The SMILES string of the molecule is CCCC(CN)N(C)CC1CC1C. The lowest BCUT2D eigenvalue weighted by molar-refractivity contribution is 0.222. The Labute approximate surface area is 82.5 Å². The molecule has 3 unspecified atom stereocenters. The molecule has 3 atom stereocenters. The van der Waals surface area contributed by atoms with Crippen LogP contribution in [0.1, 0.15) is 33.1 Å². The van der Waals surface area contributed by atoms with Gasteiger partial charge in [-0.05, 0) is 31.7 Å². The van der Waals surface area contributed by atoms with Gasteiger partial charge >= 0.3 is 0 Å². The fourth-order valence-electron chi connectivity index (χ4n) is 2.02. The Hall–Kier alpha value is -0.0800. The monoisotopic (exact) mass is 184 g/mol. The number of nitrogens with zero attached hydrogens (tertiary/aromatic N) is 1. The second-order valence-corrected chi connectivity index (χ2v) is 4.59. The Morgan fingerprint density at radius 1 is 1.54 bits per heavy atom. The summed E-state index contributed by atoms with van der Waals surface area (Å²) in [5, 5.41) is 0. The molecule has 0 aliphatic heterocycles. The van der Waals surface area contributed by atoms with E-state index in [0.29, 0.717) is 6.04 Å². The van der Waals surface area contributed by atoms with Crippen LogP contribution in [0.15, 0.2) is 0 Å². The normalized spacial score (nSPS) is 29.3. The van der Waals surface area contributed by atoms with E-state index in [9.17, 15) is 0 Å². The maximum Gasteiger partial charge on any atom is 0.0215 e. The van der Waals surface area contributed by atoms with Crippen LogP contribution in [0.2, 0.25) is 0 Å². The smallest absolute Gasteiger partial charge is 0.0215 e.